The van der Waals surface area contributed by atoms with Crippen LogP contribution in [-0.2, 0) is 4.52 Å². The Kier molecular flexibility index (Phi) is 6.15. The molecule has 0 aromatic heterocycles. The molecule has 4 nitrogen and oxygen atoms in total. The zero-order valence-electron chi connectivity index (χ0n) is 15.6. The molecule has 0 amide bonds. The Bertz CT molecular complexity index is 513. The highest BCUT2D eigenvalue weighted by atomic mass is 31.2. The molecule has 4 atom stereocenters. The van der Waals surface area contributed by atoms with Gasteiger partial charge in [-0.2, -0.15) is 0 Å². The Morgan fingerprint density at radius 1 is 1.29 bits per heavy atom. The maximum absolute atomic E-state index is 6.61. The van der Waals surface area contributed by atoms with Crippen LogP contribution >= 0.6 is 8.45 Å². The normalized spacial score (nSPS) is 26.8. The molecule has 1 aromatic carbocycles. The first-order chi connectivity index (χ1) is 11.6. The van der Waals surface area contributed by atoms with Crippen LogP contribution in [0.3, 0.4) is 0 Å². The molecular formula is C19H32N3OP. The molecular weight excluding hydrogens is 317 g/mol. The second-order valence-corrected chi connectivity index (χ2v) is 9.10. The number of para-hydroxylation sites is 1. The molecule has 0 radical (unpaired) electrons. The lowest BCUT2D eigenvalue weighted by atomic mass is 9.99. The van der Waals surface area contributed by atoms with E-state index in [-0.39, 0.29) is 0 Å². The van der Waals surface area contributed by atoms with Gasteiger partial charge in [0, 0.05) is 30.9 Å². The van der Waals surface area contributed by atoms with Gasteiger partial charge in [-0.15, -0.1) is 0 Å². The summed E-state index contributed by atoms with van der Waals surface area (Å²) in [5.41, 5.74) is 1.31. The van der Waals surface area contributed by atoms with Gasteiger partial charge in [0.1, 0.15) is 0 Å². The van der Waals surface area contributed by atoms with Crippen LogP contribution in [0.15, 0.2) is 30.3 Å². The average Bonchev–Trinajstić information content (AvgIpc) is 3.17. The van der Waals surface area contributed by atoms with Crippen molar-refractivity contribution in [3.63, 3.8) is 0 Å². The lowest BCUT2D eigenvalue weighted by Gasteiger charge is -2.34. The van der Waals surface area contributed by atoms with Crippen LogP contribution in [0.5, 0.6) is 0 Å². The molecule has 2 aliphatic heterocycles. The van der Waals surface area contributed by atoms with Crippen molar-refractivity contribution >= 4 is 14.1 Å². The van der Waals surface area contributed by atoms with Crippen molar-refractivity contribution in [2.45, 2.75) is 45.2 Å². The van der Waals surface area contributed by atoms with Gasteiger partial charge in [0.15, 0.2) is 0 Å². The predicted octanol–water partition coefficient (Wildman–Crippen LogP) is 4.19. The van der Waals surface area contributed by atoms with Crippen LogP contribution in [0.25, 0.3) is 0 Å². The average molecular weight is 349 g/mol. The third kappa shape index (κ3) is 3.77. The minimum Gasteiger partial charge on any atom is -0.325 e. The molecule has 0 saturated carbocycles. The van der Waals surface area contributed by atoms with E-state index in [1.54, 1.807) is 0 Å². The summed E-state index contributed by atoms with van der Waals surface area (Å²) >= 11 is 0. The summed E-state index contributed by atoms with van der Waals surface area (Å²) in [6.45, 7) is 7.74. The van der Waals surface area contributed by atoms with E-state index in [0.29, 0.717) is 18.0 Å². The number of hydrogen-bond acceptors (Lipinski definition) is 4. The first-order valence-corrected chi connectivity index (χ1v) is 10.5. The first kappa shape index (κ1) is 18.1. The van der Waals surface area contributed by atoms with Gasteiger partial charge in [-0.3, -0.25) is 0 Å². The summed E-state index contributed by atoms with van der Waals surface area (Å²) in [7, 11) is 3.68. The molecule has 2 fully saturated rings. The molecule has 0 N–H and O–H groups in total. The maximum Gasteiger partial charge on any atom is 0.218 e. The maximum atomic E-state index is 6.61. The molecule has 2 heterocycles. The van der Waals surface area contributed by atoms with Crippen molar-refractivity contribution in [3.05, 3.63) is 30.3 Å². The summed E-state index contributed by atoms with van der Waals surface area (Å²) < 4.78 is 11.8. The smallest absolute Gasteiger partial charge is 0.218 e. The van der Waals surface area contributed by atoms with Crippen molar-refractivity contribution in [2.24, 2.45) is 5.92 Å². The van der Waals surface area contributed by atoms with Crippen molar-refractivity contribution < 1.29 is 4.52 Å². The minimum absolute atomic E-state index is 0.483. The fourth-order valence-corrected chi connectivity index (χ4v) is 6.12. The molecule has 24 heavy (non-hydrogen) atoms. The lowest BCUT2D eigenvalue weighted by Crippen LogP contribution is -2.38. The zero-order valence-corrected chi connectivity index (χ0v) is 16.5. The molecule has 0 aliphatic carbocycles. The SMILES string of the molecule is CCC(C)C(COP1N(c2ccccc2)CC2CCCN21)N(C)C. The predicted molar refractivity (Wildman–Crippen MR) is 103 cm³/mol. The number of anilines is 1. The molecule has 2 saturated heterocycles. The Labute approximate surface area is 148 Å². The van der Waals surface area contributed by atoms with Gasteiger partial charge in [0.05, 0.1) is 6.61 Å². The minimum atomic E-state index is -0.672. The number of nitrogens with zero attached hydrogens (tertiary/aromatic N) is 3. The van der Waals surface area contributed by atoms with Gasteiger partial charge < -0.3 is 14.1 Å². The molecule has 2 aliphatic rings. The molecule has 134 valence electrons. The van der Waals surface area contributed by atoms with Crippen LogP contribution in [0.2, 0.25) is 0 Å². The Morgan fingerprint density at radius 2 is 2.04 bits per heavy atom. The second-order valence-electron chi connectivity index (χ2n) is 7.34. The van der Waals surface area contributed by atoms with Gasteiger partial charge in [-0.25, -0.2) is 4.67 Å². The summed E-state index contributed by atoms with van der Waals surface area (Å²) in [4.78, 5) is 2.33. The van der Waals surface area contributed by atoms with E-state index >= 15 is 0 Å². The Hall–Kier alpha value is -0.670. The largest absolute Gasteiger partial charge is 0.325 e. The summed E-state index contributed by atoms with van der Waals surface area (Å²) in [6.07, 6.45) is 3.82. The number of likely N-dealkylation sites (N-methyl/N-ethyl adjacent to an activating group) is 1. The molecule has 3 rings (SSSR count). The van der Waals surface area contributed by atoms with Gasteiger partial charge >= 0.3 is 0 Å². The van der Waals surface area contributed by atoms with Crippen molar-refractivity contribution in [3.8, 4) is 0 Å². The molecule has 4 unspecified atom stereocenters. The van der Waals surface area contributed by atoms with E-state index in [4.69, 9.17) is 4.52 Å². The number of benzene rings is 1. The van der Waals surface area contributed by atoms with Gasteiger partial charge in [-0.1, -0.05) is 38.5 Å². The fourth-order valence-electron chi connectivity index (χ4n) is 3.82. The van der Waals surface area contributed by atoms with E-state index < -0.39 is 8.45 Å². The Balaban J connectivity index is 1.72. The van der Waals surface area contributed by atoms with Gasteiger partial charge in [0.2, 0.25) is 8.45 Å². The van der Waals surface area contributed by atoms with E-state index in [1.165, 1.54) is 31.5 Å². The van der Waals surface area contributed by atoms with Crippen molar-refractivity contribution in [1.82, 2.24) is 9.57 Å². The molecule has 0 bridgehead atoms. The van der Waals surface area contributed by atoms with Crippen molar-refractivity contribution in [1.29, 1.82) is 0 Å². The van der Waals surface area contributed by atoms with E-state index in [9.17, 15) is 0 Å². The topological polar surface area (TPSA) is 19.0 Å². The van der Waals surface area contributed by atoms with Crippen LogP contribution in [-0.4, -0.2) is 55.4 Å². The van der Waals surface area contributed by atoms with Crippen LogP contribution in [0.1, 0.15) is 33.1 Å². The third-order valence-corrected chi connectivity index (χ3v) is 7.69. The van der Waals surface area contributed by atoms with Crippen LogP contribution in [0.4, 0.5) is 5.69 Å². The van der Waals surface area contributed by atoms with Gasteiger partial charge in [0.25, 0.3) is 0 Å². The van der Waals surface area contributed by atoms with Crippen LogP contribution in [0, 0.1) is 5.92 Å². The summed E-state index contributed by atoms with van der Waals surface area (Å²) in [5, 5.41) is 0. The summed E-state index contributed by atoms with van der Waals surface area (Å²) in [6, 6.07) is 12.0. The highest BCUT2D eigenvalue weighted by Crippen LogP contribution is 2.56. The highest BCUT2D eigenvalue weighted by Gasteiger charge is 2.44. The third-order valence-electron chi connectivity index (χ3n) is 5.54. The highest BCUT2D eigenvalue weighted by molar-refractivity contribution is 7.52. The van der Waals surface area contributed by atoms with Crippen LogP contribution < -0.4 is 4.67 Å². The monoisotopic (exact) mass is 349 g/mol. The standard InChI is InChI=1S/C19H32N3OP/c1-5-16(2)19(20(3)4)15-23-24-21-13-9-12-18(21)14-22(24)17-10-7-6-8-11-17/h6-8,10-11,16,18-19H,5,9,12-15H2,1-4H3. The Morgan fingerprint density at radius 3 is 2.71 bits per heavy atom. The molecule has 0 spiro atoms. The lowest BCUT2D eigenvalue weighted by molar-refractivity contribution is 0.141. The van der Waals surface area contributed by atoms with E-state index in [1.807, 2.05) is 0 Å². The number of rotatable bonds is 7. The zero-order chi connectivity index (χ0) is 17.1. The fraction of sp³-hybridized carbons (Fsp3) is 0.684. The van der Waals surface area contributed by atoms with Crippen molar-refractivity contribution in [2.75, 3.05) is 38.5 Å². The van der Waals surface area contributed by atoms with E-state index in [2.05, 4.69) is 72.5 Å². The number of hydrogen-bond donors (Lipinski definition) is 0. The van der Waals surface area contributed by atoms with E-state index in [0.717, 1.165) is 13.2 Å². The summed E-state index contributed by atoms with van der Waals surface area (Å²) in [5.74, 6) is 0.650. The first-order valence-electron chi connectivity index (χ1n) is 9.30. The number of fused-ring (bicyclic) bond motifs is 1. The second kappa shape index (κ2) is 8.14. The quantitative estimate of drug-likeness (QED) is 0.687. The molecule has 5 heteroatoms. The molecule has 1 aromatic rings. The van der Waals surface area contributed by atoms with Gasteiger partial charge in [-0.05, 0) is 45.0 Å².